The lowest BCUT2D eigenvalue weighted by atomic mass is 9.85. The summed E-state index contributed by atoms with van der Waals surface area (Å²) in [4.78, 5) is 24.4. The van der Waals surface area contributed by atoms with Gasteiger partial charge < -0.3 is 15.4 Å². The van der Waals surface area contributed by atoms with E-state index in [1.165, 1.54) is 18.7 Å². The van der Waals surface area contributed by atoms with Crippen LogP contribution in [-0.2, 0) is 22.4 Å². The van der Waals surface area contributed by atoms with E-state index in [4.69, 9.17) is 4.74 Å². The second-order valence-corrected chi connectivity index (χ2v) is 8.56. The Hall–Kier alpha value is -2.41. The lowest BCUT2D eigenvalue weighted by Crippen LogP contribution is -2.45. The summed E-state index contributed by atoms with van der Waals surface area (Å²) in [5.41, 5.74) is 1.60. The van der Waals surface area contributed by atoms with Crippen molar-refractivity contribution in [2.75, 3.05) is 7.11 Å². The van der Waals surface area contributed by atoms with Crippen LogP contribution in [0.15, 0.2) is 35.0 Å². The molecule has 2 heterocycles. The normalized spacial score (nSPS) is 19.6. The van der Waals surface area contributed by atoms with E-state index >= 15 is 0 Å². The molecule has 29 heavy (non-hydrogen) atoms. The van der Waals surface area contributed by atoms with E-state index in [1.54, 1.807) is 23.5 Å². The summed E-state index contributed by atoms with van der Waals surface area (Å²) in [6.45, 7) is 1.99. The molecular formula is C22H27FN2O3S. The smallest absolute Gasteiger partial charge is 0.220 e. The predicted molar refractivity (Wildman–Crippen MR) is 112 cm³/mol. The molecule has 0 aliphatic carbocycles. The zero-order valence-corrected chi connectivity index (χ0v) is 17.6. The maximum Gasteiger partial charge on any atom is 0.220 e. The van der Waals surface area contributed by atoms with Gasteiger partial charge in [0.2, 0.25) is 11.8 Å². The van der Waals surface area contributed by atoms with Gasteiger partial charge in [0, 0.05) is 24.4 Å². The first kappa shape index (κ1) is 21.3. The third-order valence-corrected chi connectivity index (χ3v) is 6.09. The molecule has 1 aliphatic rings. The van der Waals surface area contributed by atoms with Crippen LogP contribution in [0.2, 0.25) is 0 Å². The first-order valence-corrected chi connectivity index (χ1v) is 10.8. The van der Waals surface area contributed by atoms with E-state index in [0.29, 0.717) is 32.1 Å². The average Bonchev–Trinajstić information content (AvgIpc) is 3.32. The Balaban J connectivity index is 1.60. The van der Waals surface area contributed by atoms with Gasteiger partial charge in [0.1, 0.15) is 0 Å². The molecule has 0 radical (unpaired) electrons. The van der Waals surface area contributed by atoms with Gasteiger partial charge in [-0.1, -0.05) is 6.07 Å². The second-order valence-electron chi connectivity index (χ2n) is 7.78. The molecule has 1 aromatic heterocycles. The molecule has 156 valence electrons. The summed E-state index contributed by atoms with van der Waals surface area (Å²) in [6, 6.07) is 6.84. The summed E-state index contributed by atoms with van der Waals surface area (Å²) < 4.78 is 18.8. The zero-order valence-electron chi connectivity index (χ0n) is 16.8. The van der Waals surface area contributed by atoms with Gasteiger partial charge in [-0.05, 0) is 72.7 Å². The number of thiophene rings is 1. The fraction of sp³-hybridized carbons (Fsp3) is 0.455. The van der Waals surface area contributed by atoms with Gasteiger partial charge in [0.25, 0.3) is 0 Å². The van der Waals surface area contributed by atoms with Crippen molar-refractivity contribution < 1.29 is 18.7 Å². The molecule has 1 saturated heterocycles. The summed E-state index contributed by atoms with van der Waals surface area (Å²) in [5.74, 6) is -0.267. The molecule has 3 rings (SSSR count). The number of benzene rings is 1. The van der Waals surface area contributed by atoms with E-state index in [9.17, 15) is 14.0 Å². The van der Waals surface area contributed by atoms with Gasteiger partial charge in [0.15, 0.2) is 11.6 Å². The number of rotatable bonds is 9. The topological polar surface area (TPSA) is 67.4 Å². The maximum atomic E-state index is 13.7. The molecule has 0 unspecified atom stereocenters. The van der Waals surface area contributed by atoms with Crippen molar-refractivity contribution in [2.24, 2.45) is 0 Å². The number of carbonyl (C=O) groups excluding carboxylic acids is 2. The quantitative estimate of drug-likeness (QED) is 0.654. The van der Waals surface area contributed by atoms with E-state index in [1.807, 2.05) is 12.3 Å². The number of halogens is 1. The van der Waals surface area contributed by atoms with Crippen LogP contribution in [0, 0.1) is 5.82 Å². The van der Waals surface area contributed by atoms with Gasteiger partial charge in [-0.15, -0.1) is 0 Å². The Kier molecular flexibility index (Phi) is 6.90. The van der Waals surface area contributed by atoms with Gasteiger partial charge in [-0.2, -0.15) is 11.3 Å². The van der Waals surface area contributed by atoms with Crippen LogP contribution in [0.25, 0.3) is 0 Å². The van der Waals surface area contributed by atoms with Crippen molar-refractivity contribution in [3.63, 3.8) is 0 Å². The molecule has 2 aromatic rings. The number of hydrogen-bond acceptors (Lipinski definition) is 4. The van der Waals surface area contributed by atoms with Crippen LogP contribution >= 0.6 is 11.3 Å². The minimum atomic E-state index is -0.492. The standard InChI is InChI=1S/C22H27FN2O3S/c1-15(11-17-7-10-29-14-17)24-20(26)5-8-22(9-6-21(27)25-22)13-16-3-4-18(23)19(12-16)28-2/h3-4,7,10,12,14-15H,5-6,8-9,11,13H2,1-2H3,(H,24,26)(H,25,27)/t15-,22-/m1/s1. The van der Waals surface area contributed by atoms with E-state index in [0.717, 1.165) is 12.0 Å². The van der Waals surface area contributed by atoms with Crippen molar-refractivity contribution in [1.82, 2.24) is 10.6 Å². The zero-order chi connectivity index (χ0) is 20.9. The molecule has 1 fully saturated rings. The van der Waals surface area contributed by atoms with Gasteiger partial charge in [-0.25, -0.2) is 4.39 Å². The predicted octanol–water partition coefficient (Wildman–Crippen LogP) is 3.61. The number of ether oxygens (including phenoxy) is 1. The van der Waals surface area contributed by atoms with Gasteiger partial charge >= 0.3 is 0 Å². The summed E-state index contributed by atoms with van der Waals surface area (Å²) in [6.07, 6.45) is 3.29. The Bertz CT molecular complexity index is 856. The monoisotopic (exact) mass is 418 g/mol. The maximum absolute atomic E-state index is 13.7. The van der Waals surface area contributed by atoms with Crippen LogP contribution < -0.4 is 15.4 Å². The Morgan fingerprint density at radius 3 is 2.86 bits per heavy atom. The lowest BCUT2D eigenvalue weighted by molar-refractivity contribution is -0.123. The van der Waals surface area contributed by atoms with Crippen LogP contribution in [0.5, 0.6) is 5.75 Å². The molecule has 2 atom stereocenters. The number of methoxy groups -OCH3 is 1. The van der Waals surface area contributed by atoms with Crippen LogP contribution in [0.1, 0.15) is 43.7 Å². The Morgan fingerprint density at radius 1 is 1.38 bits per heavy atom. The Labute approximate surface area is 174 Å². The summed E-state index contributed by atoms with van der Waals surface area (Å²) in [7, 11) is 1.43. The first-order valence-electron chi connectivity index (χ1n) is 9.83. The van der Waals surface area contributed by atoms with Crippen molar-refractivity contribution in [2.45, 2.75) is 57.0 Å². The molecule has 1 aromatic carbocycles. The number of carbonyl (C=O) groups is 2. The minimum absolute atomic E-state index is 0.00897. The van der Waals surface area contributed by atoms with Gasteiger partial charge in [0.05, 0.1) is 7.11 Å². The fourth-order valence-electron chi connectivity index (χ4n) is 3.90. The molecular weight excluding hydrogens is 391 g/mol. The SMILES string of the molecule is COc1cc(C[C@@]2(CCC(=O)N[C@H](C)Cc3ccsc3)CCC(=O)N2)ccc1F. The number of hydrogen-bond donors (Lipinski definition) is 2. The van der Waals surface area contributed by atoms with Crippen molar-refractivity contribution in [3.8, 4) is 5.75 Å². The number of amides is 2. The van der Waals surface area contributed by atoms with E-state index in [2.05, 4.69) is 22.1 Å². The third kappa shape index (κ3) is 5.79. The minimum Gasteiger partial charge on any atom is -0.494 e. The molecule has 2 amide bonds. The van der Waals surface area contributed by atoms with Crippen molar-refractivity contribution in [1.29, 1.82) is 0 Å². The van der Waals surface area contributed by atoms with Crippen molar-refractivity contribution >= 4 is 23.2 Å². The molecule has 1 aliphatic heterocycles. The summed E-state index contributed by atoms with van der Waals surface area (Å²) in [5, 5.41) is 10.2. The highest BCUT2D eigenvalue weighted by Crippen LogP contribution is 2.31. The van der Waals surface area contributed by atoms with Crippen LogP contribution in [0.3, 0.4) is 0 Å². The molecule has 2 N–H and O–H groups in total. The molecule has 7 heteroatoms. The highest BCUT2D eigenvalue weighted by atomic mass is 32.1. The molecule has 0 spiro atoms. The van der Waals surface area contributed by atoms with E-state index in [-0.39, 0.29) is 23.6 Å². The highest BCUT2D eigenvalue weighted by molar-refractivity contribution is 7.07. The number of nitrogens with one attached hydrogen (secondary N) is 2. The average molecular weight is 419 g/mol. The first-order chi connectivity index (χ1) is 13.9. The third-order valence-electron chi connectivity index (χ3n) is 5.35. The second kappa shape index (κ2) is 9.39. The summed E-state index contributed by atoms with van der Waals surface area (Å²) >= 11 is 1.65. The highest BCUT2D eigenvalue weighted by Gasteiger charge is 2.38. The van der Waals surface area contributed by atoms with Crippen LogP contribution in [0.4, 0.5) is 4.39 Å². The molecule has 0 saturated carbocycles. The fourth-order valence-corrected chi connectivity index (χ4v) is 4.58. The molecule has 5 nitrogen and oxygen atoms in total. The van der Waals surface area contributed by atoms with Gasteiger partial charge in [-0.3, -0.25) is 9.59 Å². The lowest BCUT2D eigenvalue weighted by Gasteiger charge is -2.29. The molecule has 0 bridgehead atoms. The van der Waals surface area contributed by atoms with Crippen LogP contribution in [-0.4, -0.2) is 30.5 Å². The Morgan fingerprint density at radius 2 is 2.21 bits per heavy atom. The van der Waals surface area contributed by atoms with E-state index < -0.39 is 11.4 Å². The largest absolute Gasteiger partial charge is 0.494 e. The van der Waals surface area contributed by atoms with Crippen molar-refractivity contribution in [3.05, 3.63) is 52.0 Å².